The second-order valence-electron chi connectivity index (χ2n) is 4.53. The van der Waals surface area contributed by atoms with E-state index >= 15 is 0 Å². The highest BCUT2D eigenvalue weighted by atomic mass is 16.6. The van der Waals surface area contributed by atoms with Gasteiger partial charge in [-0.3, -0.25) is 14.9 Å². The molecule has 23 heavy (non-hydrogen) atoms. The monoisotopic (exact) mass is 316 g/mol. The van der Waals surface area contributed by atoms with Crippen LogP contribution in [0.4, 0.5) is 11.4 Å². The lowest BCUT2D eigenvalue weighted by Gasteiger charge is -2.10. The number of carbonyl (C=O) groups is 1. The number of rotatable bonds is 6. The van der Waals surface area contributed by atoms with Crippen LogP contribution in [0.3, 0.4) is 0 Å². The topological polar surface area (TPSA) is 90.7 Å². The summed E-state index contributed by atoms with van der Waals surface area (Å²) in [6.07, 6.45) is 0. The molecule has 0 radical (unpaired) electrons. The SMILES string of the molecule is CCOc1ccc(C(=O)Nc2ccccc2OC)cc1[N+](=O)[O-]. The van der Waals surface area contributed by atoms with Crippen molar-refractivity contribution < 1.29 is 19.2 Å². The molecule has 0 heterocycles. The largest absolute Gasteiger partial charge is 0.495 e. The third-order valence-electron chi connectivity index (χ3n) is 3.07. The molecule has 0 aliphatic heterocycles. The highest BCUT2D eigenvalue weighted by molar-refractivity contribution is 6.05. The molecule has 0 saturated heterocycles. The Bertz CT molecular complexity index is 730. The lowest BCUT2D eigenvalue weighted by atomic mass is 10.1. The first kappa shape index (κ1) is 16.3. The molecule has 120 valence electrons. The van der Waals surface area contributed by atoms with Gasteiger partial charge in [0.1, 0.15) is 5.75 Å². The fourth-order valence-electron chi connectivity index (χ4n) is 2.02. The van der Waals surface area contributed by atoms with Crippen LogP contribution in [0.25, 0.3) is 0 Å². The van der Waals surface area contributed by atoms with Crippen LogP contribution in [0, 0.1) is 10.1 Å². The van der Waals surface area contributed by atoms with E-state index in [0.29, 0.717) is 18.0 Å². The molecule has 0 saturated carbocycles. The Labute approximate surface area is 133 Å². The highest BCUT2D eigenvalue weighted by Gasteiger charge is 2.19. The van der Waals surface area contributed by atoms with Crippen molar-refractivity contribution in [3.8, 4) is 11.5 Å². The number of nitro groups is 1. The second kappa shape index (κ2) is 7.26. The first-order valence-electron chi connectivity index (χ1n) is 6.92. The number of nitrogens with one attached hydrogen (secondary N) is 1. The summed E-state index contributed by atoms with van der Waals surface area (Å²) in [5, 5.41) is 13.8. The van der Waals surface area contributed by atoms with Crippen molar-refractivity contribution in [3.63, 3.8) is 0 Å². The molecule has 0 unspecified atom stereocenters. The fourth-order valence-corrected chi connectivity index (χ4v) is 2.02. The average molecular weight is 316 g/mol. The zero-order chi connectivity index (χ0) is 16.8. The highest BCUT2D eigenvalue weighted by Crippen LogP contribution is 2.29. The van der Waals surface area contributed by atoms with Crippen molar-refractivity contribution in [2.45, 2.75) is 6.92 Å². The first-order chi connectivity index (χ1) is 11.1. The molecule has 7 heteroatoms. The Hall–Kier alpha value is -3.09. The summed E-state index contributed by atoms with van der Waals surface area (Å²) in [7, 11) is 1.49. The number of anilines is 1. The standard InChI is InChI=1S/C16H16N2O5/c1-3-23-15-9-8-11(10-13(15)18(20)21)16(19)17-12-6-4-5-7-14(12)22-2/h4-10H,3H2,1-2H3,(H,17,19). The molecule has 2 aromatic carbocycles. The van der Waals surface area contributed by atoms with Gasteiger partial charge in [-0.05, 0) is 31.2 Å². The maximum absolute atomic E-state index is 12.3. The maximum atomic E-state index is 12.3. The molecule has 0 bridgehead atoms. The predicted molar refractivity (Wildman–Crippen MR) is 85.2 cm³/mol. The third kappa shape index (κ3) is 3.76. The molecule has 0 fully saturated rings. The number of amides is 1. The number of methoxy groups -OCH3 is 1. The van der Waals surface area contributed by atoms with Crippen molar-refractivity contribution >= 4 is 17.3 Å². The molecule has 0 atom stereocenters. The number of para-hydroxylation sites is 2. The van der Waals surface area contributed by atoms with Gasteiger partial charge in [0.15, 0.2) is 5.75 Å². The Morgan fingerprint density at radius 2 is 1.96 bits per heavy atom. The van der Waals surface area contributed by atoms with Gasteiger partial charge < -0.3 is 14.8 Å². The molecule has 1 amide bonds. The maximum Gasteiger partial charge on any atom is 0.311 e. The Balaban J connectivity index is 2.29. The van der Waals surface area contributed by atoms with Crippen LogP contribution in [0.2, 0.25) is 0 Å². The van der Waals surface area contributed by atoms with Crippen molar-refractivity contribution in [2.75, 3.05) is 19.0 Å². The van der Waals surface area contributed by atoms with Gasteiger partial charge in [0.25, 0.3) is 5.91 Å². The Morgan fingerprint density at radius 3 is 2.61 bits per heavy atom. The van der Waals surface area contributed by atoms with Gasteiger partial charge in [0, 0.05) is 11.6 Å². The number of ether oxygens (including phenoxy) is 2. The van der Waals surface area contributed by atoms with Crippen LogP contribution in [0.1, 0.15) is 17.3 Å². The zero-order valence-electron chi connectivity index (χ0n) is 12.7. The lowest BCUT2D eigenvalue weighted by molar-refractivity contribution is -0.385. The third-order valence-corrected chi connectivity index (χ3v) is 3.07. The lowest BCUT2D eigenvalue weighted by Crippen LogP contribution is -2.13. The summed E-state index contributed by atoms with van der Waals surface area (Å²) in [5.74, 6) is 0.160. The van der Waals surface area contributed by atoms with Gasteiger partial charge in [0.2, 0.25) is 0 Å². The van der Waals surface area contributed by atoms with Crippen LogP contribution in [0.15, 0.2) is 42.5 Å². The normalized spacial score (nSPS) is 10.0. The van der Waals surface area contributed by atoms with Crippen molar-refractivity contribution in [1.29, 1.82) is 0 Å². The van der Waals surface area contributed by atoms with E-state index in [2.05, 4.69) is 5.32 Å². The van der Waals surface area contributed by atoms with Crippen LogP contribution < -0.4 is 14.8 Å². The summed E-state index contributed by atoms with van der Waals surface area (Å²) in [6, 6.07) is 11.0. The molecular weight excluding hydrogens is 300 g/mol. The zero-order valence-corrected chi connectivity index (χ0v) is 12.7. The molecular formula is C16H16N2O5. The summed E-state index contributed by atoms with van der Waals surface area (Å²) in [4.78, 5) is 22.8. The van der Waals surface area contributed by atoms with E-state index in [0.717, 1.165) is 0 Å². The minimum absolute atomic E-state index is 0.131. The minimum atomic E-state index is -0.578. The summed E-state index contributed by atoms with van der Waals surface area (Å²) in [5.41, 5.74) is 0.391. The number of nitro benzene ring substituents is 1. The molecule has 7 nitrogen and oxygen atoms in total. The Kier molecular flexibility index (Phi) is 5.14. The number of hydrogen-bond acceptors (Lipinski definition) is 5. The smallest absolute Gasteiger partial charge is 0.311 e. The fraction of sp³-hybridized carbons (Fsp3) is 0.188. The number of nitrogens with zero attached hydrogens (tertiary/aromatic N) is 1. The van der Waals surface area contributed by atoms with Crippen molar-refractivity contribution in [2.24, 2.45) is 0 Å². The molecule has 0 spiro atoms. The van der Waals surface area contributed by atoms with E-state index in [4.69, 9.17) is 9.47 Å². The number of carbonyl (C=O) groups excluding carboxylic acids is 1. The van der Waals surface area contributed by atoms with E-state index in [1.165, 1.54) is 25.3 Å². The van der Waals surface area contributed by atoms with Crippen LogP contribution in [0.5, 0.6) is 11.5 Å². The first-order valence-corrected chi connectivity index (χ1v) is 6.92. The van der Waals surface area contributed by atoms with Gasteiger partial charge in [0.05, 0.1) is 24.3 Å². The molecule has 2 aromatic rings. The second-order valence-corrected chi connectivity index (χ2v) is 4.53. The Morgan fingerprint density at radius 1 is 1.22 bits per heavy atom. The molecule has 1 N–H and O–H groups in total. The van der Waals surface area contributed by atoms with E-state index in [9.17, 15) is 14.9 Å². The quantitative estimate of drug-likeness (QED) is 0.652. The van der Waals surface area contributed by atoms with E-state index in [1.807, 2.05) is 0 Å². The van der Waals surface area contributed by atoms with Gasteiger partial charge in [-0.25, -0.2) is 0 Å². The molecule has 0 aliphatic rings. The van der Waals surface area contributed by atoms with Crippen LogP contribution in [-0.2, 0) is 0 Å². The minimum Gasteiger partial charge on any atom is -0.495 e. The van der Waals surface area contributed by atoms with Crippen molar-refractivity contribution in [1.82, 2.24) is 0 Å². The summed E-state index contributed by atoms with van der Waals surface area (Å²) < 4.78 is 10.3. The van der Waals surface area contributed by atoms with Gasteiger partial charge in [-0.1, -0.05) is 12.1 Å². The summed E-state index contributed by atoms with van der Waals surface area (Å²) in [6.45, 7) is 2.03. The van der Waals surface area contributed by atoms with Gasteiger partial charge >= 0.3 is 5.69 Å². The van der Waals surface area contributed by atoms with E-state index in [-0.39, 0.29) is 17.0 Å². The van der Waals surface area contributed by atoms with E-state index in [1.54, 1.807) is 31.2 Å². The molecule has 0 aromatic heterocycles. The van der Waals surface area contributed by atoms with Crippen LogP contribution >= 0.6 is 0 Å². The average Bonchev–Trinajstić information content (AvgIpc) is 2.55. The predicted octanol–water partition coefficient (Wildman–Crippen LogP) is 3.25. The number of hydrogen-bond donors (Lipinski definition) is 1. The van der Waals surface area contributed by atoms with Gasteiger partial charge in [-0.15, -0.1) is 0 Å². The van der Waals surface area contributed by atoms with Gasteiger partial charge in [-0.2, -0.15) is 0 Å². The van der Waals surface area contributed by atoms with Crippen molar-refractivity contribution in [3.05, 3.63) is 58.1 Å². The molecule has 0 aliphatic carbocycles. The van der Waals surface area contributed by atoms with Crippen LogP contribution in [-0.4, -0.2) is 24.5 Å². The summed E-state index contributed by atoms with van der Waals surface area (Å²) >= 11 is 0. The van der Waals surface area contributed by atoms with E-state index < -0.39 is 10.8 Å². The number of benzene rings is 2. The molecule has 2 rings (SSSR count).